The van der Waals surface area contributed by atoms with Crippen LogP contribution in [0.25, 0.3) is 0 Å². The average Bonchev–Trinajstić information content (AvgIpc) is 2.46. The van der Waals surface area contributed by atoms with E-state index in [-0.39, 0.29) is 19.5 Å². The van der Waals surface area contributed by atoms with E-state index in [1.54, 1.807) is 0 Å². The Morgan fingerprint density at radius 3 is 2.38 bits per heavy atom. The Bertz CT molecular complexity index is 318. The first kappa shape index (κ1) is 12.8. The summed E-state index contributed by atoms with van der Waals surface area (Å²) >= 11 is 0. The van der Waals surface area contributed by atoms with Gasteiger partial charge in [-0.3, -0.25) is 9.59 Å². The van der Waals surface area contributed by atoms with E-state index in [1.165, 1.54) is 0 Å². The summed E-state index contributed by atoms with van der Waals surface area (Å²) in [6.45, 7) is -0.436. The van der Waals surface area contributed by atoms with Gasteiger partial charge in [0.1, 0.15) is 12.0 Å². The minimum absolute atomic E-state index is 0.0358. The highest BCUT2D eigenvalue weighted by atomic mass is 19.4. The first-order chi connectivity index (χ1) is 7.14. The fraction of sp³-hybridized carbons (Fsp3) is 0.750. The van der Waals surface area contributed by atoms with Crippen LogP contribution in [0.4, 0.5) is 13.2 Å². The zero-order valence-corrected chi connectivity index (χ0v) is 8.25. The summed E-state index contributed by atoms with van der Waals surface area (Å²) in [6, 6.07) is 0. The van der Waals surface area contributed by atoms with Crippen molar-refractivity contribution in [3.63, 3.8) is 0 Å². The summed E-state index contributed by atoms with van der Waals surface area (Å²) in [5.74, 6) is -2.45. The number of carbonyl (C=O) groups is 2. The van der Waals surface area contributed by atoms with E-state index < -0.39 is 30.0 Å². The van der Waals surface area contributed by atoms with Crippen LogP contribution >= 0.6 is 0 Å². The van der Waals surface area contributed by atoms with E-state index in [9.17, 15) is 22.8 Å². The third-order valence-electron chi connectivity index (χ3n) is 2.43. The summed E-state index contributed by atoms with van der Waals surface area (Å²) < 4.78 is 35.7. The summed E-state index contributed by atoms with van der Waals surface area (Å²) in [7, 11) is 0. The second kappa shape index (κ2) is 3.93. The average molecular weight is 240 g/mol. The standard InChI is InChI=1S/C8H11F3N2O3/c9-8(10,11)3-5(14)13-2-1-7(12,4-13)6(15)16/h1-4,12H2,(H,15,16). The fourth-order valence-electron chi connectivity index (χ4n) is 1.50. The molecule has 1 heterocycles. The van der Waals surface area contributed by atoms with E-state index >= 15 is 0 Å². The zero-order chi connectivity index (χ0) is 12.6. The third kappa shape index (κ3) is 2.84. The number of likely N-dealkylation sites (tertiary alicyclic amines) is 1. The van der Waals surface area contributed by atoms with Crippen molar-refractivity contribution in [2.45, 2.75) is 24.6 Å². The van der Waals surface area contributed by atoms with Gasteiger partial charge in [0.15, 0.2) is 0 Å². The molecule has 1 rings (SSSR count). The normalized spacial score (nSPS) is 25.9. The largest absolute Gasteiger partial charge is 0.480 e. The lowest BCUT2D eigenvalue weighted by Gasteiger charge is -2.20. The van der Waals surface area contributed by atoms with Gasteiger partial charge in [-0.2, -0.15) is 13.2 Å². The molecule has 0 radical (unpaired) electrons. The number of carboxylic acids is 1. The number of carbonyl (C=O) groups excluding carboxylic acids is 1. The van der Waals surface area contributed by atoms with Crippen LogP contribution in [0.2, 0.25) is 0 Å². The van der Waals surface area contributed by atoms with E-state index in [1.807, 2.05) is 0 Å². The van der Waals surface area contributed by atoms with Crippen molar-refractivity contribution in [3.8, 4) is 0 Å². The van der Waals surface area contributed by atoms with Crippen molar-refractivity contribution in [1.82, 2.24) is 4.90 Å². The van der Waals surface area contributed by atoms with Crippen LogP contribution in [0.15, 0.2) is 0 Å². The van der Waals surface area contributed by atoms with Crippen LogP contribution in [0.5, 0.6) is 0 Å². The predicted molar refractivity (Wildman–Crippen MR) is 46.4 cm³/mol. The van der Waals surface area contributed by atoms with Crippen molar-refractivity contribution in [1.29, 1.82) is 0 Å². The Hall–Kier alpha value is -1.31. The summed E-state index contributed by atoms with van der Waals surface area (Å²) in [5, 5.41) is 8.72. The zero-order valence-electron chi connectivity index (χ0n) is 8.25. The van der Waals surface area contributed by atoms with Gasteiger partial charge in [-0.25, -0.2) is 0 Å². The molecular formula is C8H11F3N2O3. The first-order valence-electron chi connectivity index (χ1n) is 4.51. The number of carboxylic acid groups (broad SMARTS) is 1. The minimum atomic E-state index is -4.58. The van der Waals surface area contributed by atoms with Gasteiger partial charge in [-0.05, 0) is 6.42 Å². The number of alkyl halides is 3. The fourth-order valence-corrected chi connectivity index (χ4v) is 1.50. The molecule has 0 aromatic rings. The van der Waals surface area contributed by atoms with E-state index in [0.717, 1.165) is 4.90 Å². The van der Waals surface area contributed by atoms with Crippen LogP contribution in [-0.4, -0.2) is 46.7 Å². The molecule has 8 heteroatoms. The molecule has 3 N–H and O–H groups in total. The molecule has 1 saturated heterocycles. The van der Waals surface area contributed by atoms with Crippen LogP contribution < -0.4 is 5.73 Å². The predicted octanol–water partition coefficient (Wildman–Crippen LogP) is -0.0468. The molecular weight excluding hydrogens is 229 g/mol. The maximum absolute atomic E-state index is 11.9. The van der Waals surface area contributed by atoms with Crippen LogP contribution in [0.1, 0.15) is 12.8 Å². The summed E-state index contributed by atoms with van der Waals surface area (Å²) in [6.07, 6.45) is -6.20. The minimum Gasteiger partial charge on any atom is -0.480 e. The highest BCUT2D eigenvalue weighted by Crippen LogP contribution is 2.24. The topological polar surface area (TPSA) is 83.6 Å². The number of aliphatic carboxylic acids is 1. The van der Waals surface area contributed by atoms with Crippen LogP contribution in [0.3, 0.4) is 0 Å². The maximum Gasteiger partial charge on any atom is 0.397 e. The van der Waals surface area contributed by atoms with Gasteiger partial charge in [0.05, 0.1) is 0 Å². The van der Waals surface area contributed by atoms with Gasteiger partial charge >= 0.3 is 12.1 Å². The molecule has 92 valence electrons. The van der Waals surface area contributed by atoms with E-state index in [4.69, 9.17) is 10.8 Å². The Labute approximate surface area is 89.0 Å². The second-order valence-electron chi connectivity index (χ2n) is 3.82. The number of hydrogen-bond donors (Lipinski definition) is 2. The van der Waals surface area contributed by atoms with Crippen molar-refractivity contribution in [3.05, 3.63) is 0 Å². The number of halogens is 3. The molecule has 0 aromatic carbocycles. The smallest absolute Gasteiger partial charge is 0.397 e. The van der Waals surface area contributed by atoms with Crippen molar-refractivity contribution in [2.24, 2.45) is 5.73 Å². The van der Waals surface area contributed by atoms with Gasteiger partial charge < -0.3 is 15.7 Å². The maximum atomic E-state index is 11.9. The quantitative estimate of drug-likeness (QED) is 0.709. The molecule has 0 spiro atoms. The van der Waals surface area contributed by atoms with Crippen molar-refractivity contribution >= 4 is 11.9 Å². The molecule has 0 aromatic heterocycles. The van der Waals surface area contributed by atoms with Gasteiger partial charge in [-0.1, -0.05) is 0 Å². The molecule has 1 aliphatic rings. The number of nitrogens with zero attached hydrogens (tertiary/aromatic N) is 1. The number of nitrogens with two attached hydrogens (primary N) is 1. The van der Waals surface area contributed by atoms with Gasteiger partial charge in [0.2, 0.25) is 5.91 Å². The van der Waals surface area contributed by atoms with E-state index in [0.29, 0.717) is 0 Å². The summed E-state index contributed by atoms with van der Waals surface area (Å²) in [4.78, 5) is 22.7. The van der Waals surface area contributed by atoms with Gasteiger partial charge in [-0.15, -0.1) is 0 Å². The molecule has 0 aliphatic carbocycles. The summed E-state index contributed by atoms with van der Waals surface area (Å²) in [5.41, 5.74) is 3.80. The molecule has 1 aliphatic heterocycles. The van der Waals surface area contributed by atoms with Crippen LogP contribution in [0, 0.1) is 0 Å². The molecule has 0 saturated carbocycles. The molecule has 1 amide bonds. The Morgan fingerprint density at radius 2 is 2.00 bits per heavy atom. The molecule has 16 heavy (non-hydrogen) atoms. The lowest BCUT2D eigenvalue weighted by molar-refractivity contribution is -0.160. The molecule has 0 bridgehead atoms. The first-order valence-corrected chi connectivity index (χ1v) is 4.51. The number of amides is 1. The van der Waals surface area contributed by atoms with Crippen LogP contribution in [-0.2, 0) is 9.59 Å². The van der Waals surface area contributed by atoms with Gasteiger partial charge in [0, 0.05) is 13.1 Å². The Kier molecular flexibility index (Phi) is 3.13. The second-order valence-corrected chi connectivity index (χ2v) is 3.82. The SMILES string of the molecule is NC1(C(=O)O)CCN(C(=O)CC(F)(F)F)C1. The highest BCUT2D eigenvalue weighted by Gasteiger charge is 2.44. The monoisotopic (exact) mass is 240 g/mol. The molecule has 1 fully saturated rings. The number of rotatable bonds is 2. The lowest BCUT2D eigenvalue weighted by atomic mass is 10.0. The lowest BCUT2D eigenvalue weighted by Crippen LogP contribution is -2.50. The molecule has 1 atom stereocenters. The van der Waals surface area contributed by atoms with Gasteiger partial charge in [0.25, 0.3) is 0 Å². The molecule has 5 nitrogen and oxygen atoms in total. The Balaban J connectivity index is 2.60. The number of hydrogen-bond acceptors (Lipinski definition) is 3. The third-order valence-corrected chi connectivity index (χ3v) is 2.43. The molecule has 1 unspecified atom stereocenters. The van der Waals surface area contributed by atoms with Crippen molar-refractivity contribution < 1.29 is 27.9 Å². The van der Waals surface area contributed by atoms with Crippen molar-refractivity contribution in [2.75, 3.05) is 13.1 Å². The Morgan fingerprint density at radius 1 is 1.44 bits per heavy atom. The van der Waals surface area contributed by atoms with E-state index in [2.05, 4.69) is 0 Å². The highest BCUT2D eigenvalue weighted by molar-refractivity contribution is 5.83.